The van der Waals surface area contributed by atoms with E-state index in [1.165, 1.54) is 0 Å². The maximum Gasteiger partial charge on any atom is 0.335 e. The van der Waals surface area contributed by atoms with Gasteiger partial charge in [-0.05, 0) is 18.2 Å². The van der Waals surface area contributed by atoms with Crippen LogP contribution in [-0.2, 0) is 9.59 Å². The van der Waals surface area contributed by atoms with Crippen molar-refractivity contribution in [3.05, 3.63) is 73.4 Å². The summed E-state index contributed by atoms with van der Waals surface area (Å²) in [5.41, 5.74) is 3.02. The fourth-order valence-corrected chi connectivity index (χ4v) is 2.59. The molecule has 4 rings (SSSR count). The van der Waals surface area contributed by atoms with Crippen LogP contribution in [0.25, 0.3) is 28.0 Å². The summed E-state index contributed by atoms with van der Waals surface area (Å²) in [6.45, 7) is 0. The molecule has 0 unspecified atom stereocenters. The van der Waals surface area contributed by atoms with Gasteiger partial charge >= 0.3 is 11.9 Å². The highest BCUT2D eigenvalue weighted by Crippen LogP contribution is 2.20. The number of hydrogen-bond donors (Lipinski definition) is 4. The lowest BCUT2D eigenvalue weighted by molar-refractivity contribution is -0.165. The molecule has 0 aliphatic carbocycles. The van der Waals surface area contributed by atoms with Gasteiger partial charge in [-0.2, -0.15) is 0 Å². The molecule has 0 amide bonds. The van der Waals surface area contributed by atoms with E-state index in [-0.39, 0.29) is 0 Å². The third-order valence-electron chi connectivity index (χ3n) is 4.20. The Bertz CT molecular complexity index is 1160. The van der Waals surface area contributed by atoms with Gasteiger partial charge in [-0.25, -0.2) is 24.5 Å². The molecule has 0 fully saturated rings. The van der Waals surface area contributed by atoms with Crippen molar-refractivity contribution in [3.8, 4) is 17.1 Å². The Kier molecular flexibility index (Phi) is 6.65. The zero-order valence-corrected chi connectivity index (χ0v) is 16.0. The van der Waals surface area contributed by atoms with E-state index in [0.717, 1.165) is 28.0 Å². The van der Waals surface area contributed by atoms with Crippen molar-refractivity contribution in [2.75, 3.05) is 0 Å². The Labute approximate surface area is 175 Å². The number of fused-ring (bicyclic) bond motifs is 1. The molecule has 0 spiro atoms. The molecule has 4 aromatic rings. The fourth-order valence-electron chi connectivity index (χ4n) is 2.59. The van der Waals surface area contributed by atoms with Crippen molar-refractivity contribution in [2.24, 2.45) is 0 Å². The smallest absolute Gasteiger partial charge is 0.335 e. The maximum atomic E-state index is 9.77. The van der Waals surface area contributed by atoms with Crippen LogP contribution < -0.4 is 0 Å². The first-order valence-electron chi connectivity index (χ1n) is 8.99. The molecule has 158 valence electrons. The first-order valence-corrected chi connectivity index (χ1v) is 8.99. The number of aliphatic carboxylic acids is 2. The van der Waals surface area contributed by atoms with Crippen molar-refractivity contribution in [1.82, 2.24) is 19.5 Å². The average molecular weight is 422 g/mol. The second-order valence-electron chi connectivity index (χ2n) is 6.34. The number of aliphatic hydroxyl groups is 2. The van der Waals surface area contributed by atoms with Gasteiger partial charge in [0, 0.05) is 35.2 Å². The summed E-state index contributed by atoms with van der Waals surface area (Å²) in [5, 5.41) is 33.5. The van der Waals surface area contributed by atoms with Crippen LogP contribution in [0.3, 0.4) is 0 Å². The predicted molar refractivity (Wildman–Crippen MR) is 109 cm³/mol. The third kappa shape index (κ3) is 5.26. The Balaban J connectivity index is 0.000000233. The van der Waals surface area contributed by atoms with E-state index in [0.29, 0.717) is 0 Å². The molecule has 2 atom stereocenters. The van der Waals surface area contributed by atoms with Crippen molar-refractivity contribution >= 4 is 22.8 Å². The molecule has 10 heteroatoms. The van der Waals surface area contributed by atoms with Gasteiger partial charge < -0.3 is 25.0 Å². The van der Waals surface area contributed by atoms with Gasteiger partial charge in [0.25, 0.3) is 0 Å². The number of carbonyl (C=O) groups is 2. The van der Waals surface area contributed by atoms with Gasteiger partial charge in [-0.1, -0.05) is 30.3 Å². The normalized spacial score (nSPS) is 12.5. The quantitative estimate of drug-likeness (QED) is 0.372. The molecule has 10 nitrogen and oxygen atoms in total. The molecule has 2 heterocycles. The van der Waals surface area contributed by atoms with Gasteiger partial charge in [0.2, 0.25) is 0 Å². The number of carboxylic acid groups (broad SMARTS) is 2. The zero-order valence-electron chi connectivity index (χ0n) is 16.0. The molecule has 0 saturated heterocycles. The van der Waals surface area contributed by atoms with Crippen LogP contribution >= 0.6 is 0 Å². The van der Waals surface area contributed by atoms with Gasteiger partial charge in [0.15, 0.2) is 18.0 Å². The van der Waals surface area contributed by atoms with Crippen LogP contribution in [0.2, 0.25) is 0 Å². The number of aromatic nitrogens is 4. The highest BCUT2D eigenvalue weighted by molar-refractivity contribution is 5.83. The Morgan fingerprint density at radius 2 is 1.61 bits per heavy atom. The number of rotatable bonds is 5. The van der Waals surface area contributed by atoms with E-state index in [2.05, 4.69) is 21.0 Å². The molecule has 0 aliphatic rings. The van der Waals surface area contributed by atoms with Crippen LogP contribution in [0.15, 0.2) is 73.4 Å². The summed E-state index contributed by atoms with van der Waals surface area (Å²) in [7, 11) is 0. The monoisotopic (exact) mass is 422 g/mol. The van der Waals surface area contributed by atoms with E-state index >= 15 is 0 Å². The lowest BCUT2D eigenvalue weighted by Gasteiger charge is -2.07. The van der Waals surface area contributed by atoms with Crippen molar-refractivity contribution in [1.29, 1.82) is 0 Å². The lowest BCUT2D eigenvalue weighted by Crippen LogP contribution is -2.39. The molecule has 0 bridgehead atoms. The average Bonchev–Trinajstić information content (AvgIpc) is 3.33. The maximum absolute atomic E-state index is 9.77. The predicted octanol–water partition coefficient (Wildman–Crippen LogP) is 1.36. The van der Waals surface area contributed by atoms with Gasteiger partial charge in [-0.15, -0.1) is 0 Å². The second kappa shape index (κ2) is 9.57. The second-order valence-corrected chi connectivity index (χ2v) is 6.34. The SMILES string of the molecule is O=C(O)[C@H](O)[C@@H](O)C(=O)O.c1ccc(-c2ncc3cc(-n4ccnc4)ccc3n2)cc1. The van der Waals surface area contributed by atoms with Crippen LogP contribution in [0.1, 0.15) is 0 Å². The molecule has 0 radical (unpaired) electrons. The molecular formula is C21H18N4O6. The van der Waals surface area contributed by atoms with Crippen LogP contribution in [0, 0.1) is 0 Å². The van der Waals surface area contributed by atoms with E-state index in [9.17, 15) is 9.59 Å². The fraction of sp³-hybridized carbons (Fsp3) is 0.0952. The van der Waals surface area contributed by atoms with Crippen molar-refractivity contribution in [3.63, 3.8) is 0 Å². The molecule has 4 N–H and O–H groups in total. The minimum atomic E-state index is -2.27. The molecule has 0 saturated carbocycles. The summed E-state index contributed by atoms with van der Waals surface area (Å²) in [5.74, 6) is -2.79. The molecule has 0 aliphatic heterocycles. The molecule has 2 aromatic heterocycles. The summed E-state index contributed by atoms with van der Waals surface area (Å²) in [4.78, 5) is 32.7. The van der Waals surface area contributed by atoms with Crippen molar-refractivity contribution in [2.45, 2.75) is 12.2 Å². The number of hydrogen-bond acceptors (Lipinski definition) is 7. The number of benzene rings is 2. The van der Waals surface area contributed by atoms with Crippen LogP contribution in [-0.4, -0.2) is 64.1 Å². The molecular weight excluding hydrogens is 404 g/mol. The number of imidazole rings is 1. The van der Waals surface area contributed by atoms with E-state index in [4.69, 9.17) is 20.4 Å². The lowest BCUT2D eigenvalue weighted by atomic mass is 10.2. The summed E-state index contributed by atoms with van der Waals surface area (Å²) in [6.07, 6.45) is 2.79. The van der Waals surface area contributed by atoms with Gasteiger partial charge in [0.05, 0.1) is 11.8 Å². The number of nitrogens with zero attached hydrogens (tertiary/aromatic N) is 4. The van der Waals surface area contributed by atoms with Gasteiger partial charge in [-0.3, -0.25) is 0 Å². The minimum absolute atomic E-state index is 0.749. The summed E-state index contributed by atoms with van der Waals surface area (Å²) in [6, 6.07) is 16.1. The number of aliphatic hydroxyl groups excluding tert-OH is 2. The minimum Gasteiger partial charge on any atom is -0.479 e. The largest absolute Gasteiger partial charge is 0.479 e. The Morgan fingerprint density at radius 3 is 2.19 bits per heavy atom. The van der Waals surface area contributed by atoms with Crippen LogP contribution in [0.4, 0.5) is 0 Å². The number of carboxylic acids is 2. The van der Waals surface area contributed by atoms with Crippen LogP contribution in [0.5, 0.6) is 0 Å². The van der Waals surface area contributed by atoms with Crippen molar-refractivity contribution < 1.29 is 30.0 Å². The Morgan fingerprint density at radius 1 is 0.935 bits per heavy atom. The summed E-state index contributed by atoms with van der Waals surface area (Å²) < 4.78 is 1.96. The first kappa shape index (κ1) is 21.6. The van der Waals surface area contributed by atoms with E-state index < -0.39 is 24.1 Å². The first-order chi connectivity index (χ1) is 14.9. The van der Waals surface area contributed by atoms with E-state index in [1.54, 1.807) is 12.5 Å². The molecule has 31 heavy (non-hydrogen) atoms. The third-order valence-corrected chi connectivity index (χ3v) is 4.20. The standard InChI is InChI=1S/C17H12N4.C4H6O6/c1-2-4-13(5-3-1)17-19-11-14-10-15(6-7-16(14)20-17)21-9-8-18-12-21;5-1(3(7)8)2(6)4(9)10/h1-12H;1-2,5-6H,(H,7,8)(H,9,10)/t;1-,2-/m.1/s1. The Hall–Kier alpha value is -4.15. The zero-order chi connectivity index (χ0) is 22.4. The van der Waals surface area contributed by atoms with Gasteiger partial charge in [0.1, 0.15) is 0 Å². The summed E-state index contributed by atoms with van der Waals surface area (Å²) >= 11 is 0. The van der Waals surface area contributed by atoms with E-state index in [1.807, 2.05) is 59.4 Å². The highest BCUT2D eigenvalue weighted by Gasteiger charge is 2.29. The molecule has 2 aromatic carbocycles. The topological polar surface area (TPSA) is 159 Å². The highest BCUT2D eigenvalue weighted by atomic mass is 16.4.